The quantitative estimate of drug-likeness (QED) is 0.686. The Morgan fingerprint density at radius 2 is 2.09 bits per heavy atom. The SMILES string of the molecule is CC[C@@H](CO)NCc1cc(Br)ccc1OCc1cccc(Cl)c1. The van der Waals surface area contributed by atoms with Crippen LogP contribution in [0.1, 0.15) is 24.5 Å². The number of rotatable bonds is 8. The zero-order chi connectivity index (χ0) is 16.7. The molecule has 0 unspecified atom stereocenters. The Balaban J connectivity index is 2.05. The molecule has 0 aliphatic heterocycles. The molecule has 0 amide bonds. The summed E-state index contributed by atoms with van der Waals surface area (Å²) in [7, 11) is 0. The molecule has 0 saturated carbocycles. The van der Waals surface area contributed by atoms with E-state index in [2.05, 4.69) is 21.2 Å². The fourth-order valence-electron chi connectivity index (χ4n) is 2.21. The zero-order valence-electron chi connectivity index (χ0n) is 13.1. The standard InChI is InChI=1S/C18H21BrClNO2/c1-2-17(11-22)21-10-14-9-15(19)6-7-18(14)23-12-13-4-3-5-16(20)8-13/h3-9,17,21-22H,2,10-12H2,1H3/t17-/m0/s1. The highest BCUT2D eigenvalue weighted by molar-refractivity contribution is 9.10. The second-order valence-electron chi connectivity index (χ2n) is 5.34. The predicted molar refractivity (Wildman–Crippen MR) is 97.9 cm³/mol. The highest BCUT2D eigenvalue weighted by Gasteiger charge is 2.09. The minimum Gasteiger partial charge on any atom is -0.489 e. The van der Waals surface area contributed by atoms with Crippen molar-refractivity contribution in [2.75, 3.05) is 6.61 Å². The minimum atomic E-state index is 0.0924. The van der Waals surface area contributed by atoms with Crippen LogP contribution in [0.25, 0.3) is 0 Å². The number of ether oxygens (including phenoxy) is 1. The van der Waals surface area contributed by atoms with E-state index in [1.165, 1.54) is 0 Å². The second-order valence-corrected chi connectivity index (χ2v) is 6.69. The average Bonchev–Trinajstić information content (AvgIpc) is 2.55. The van der Waals surface area contributed by atoms with Gasteiger partial charge in [-0.3, -0.25) is 0 Å². The van der Waals surface area contributed by atoms with Crippen molar-refractivity contribution in [2.24, 2.45) is 0 Å². The number of aliphatic hydroxyl groups is 1. The minimum absolute atomic E-state index is 0.0924. The summed E-state index contributed by atoms with van der Waals surface area (Å²) in [5.41, 5.74) is 2.08. The molecule has 2 aromatic carbocycles. The molecule has 124 valence electrons. The summed E-state index contributed by atoms with van der Waals surface area (Å²) in [5.74, 6) is 0.827. The number of benzene rings is 2. The molecule has 5 heteroatoms. The van der Waals surface area contributed by atoms with Gasteiger partial charge in [0.15, 0.2) is 0 Å². The molecular formula is C18H21BrClNO2. The third-order valence-electron chi connectivity index (χ3n) is 3.60. The lowest BCUT2D eigenvalue weighted by atomic mass is 10.1. The second kappa shape index (κ2) is 9.28. The van der Waals surface area contributed by atoms with Crippen LogP contribution in [-0.4, -0.2) is 17.8 Å². The molecule has 23 heavy (non-hydrogen) atoms. The number of halogens is 2. The van der Waals surface area contributed by atoms with Gasteiger partial charge in [-0.2, -0.15) is 0 Å². The fraction of sp³-hybridized carbons (Fsp3) is 0.333. The van der Waals surface area contributed by atoms with Crippen LogP contribution in [0.15, 0.2) is 46.9 Å². The molecule has 0 bridgehead atoms. The molecule has 3 nitrogen and oxygen atoms in total. The van der Waals surface area contributed by atoms with Gasteiger partial charge >= 0.3 is 0 Å². The fourth-order valence-corrected chi connectivity index (χ4v) is 2.83. The Morgan fingerprint density at radius 3 is 2.78 bits per heavy atom. The van der Waals surface area contributed by atoms with Gasteiger partial charge in [0.05, 0.1) is 6.61 Å². The molecule has 0 aliphatic rings. The third-order valence-corrected chi connectivity index (χ3v) is 4.33. The summed E-state index contributed by atoms with van der Waals surface area (Å²) in [5, 5.41) is 13.3. The summed E-state index contributed by atoms with van der Waals surface area (Å²) in [6.45, 7) is 3.28. The molecule has 0 heterocycles. The van der Waals surface area contributed by atoms with Crippen LogP contribution in [0.5, 0.6) is 5.75 Å². The Labute approximate surface area is 150 Å². The van der Waals surface area contributed by atoms with Gasteiger partial charge in [0.25, 0.3) is 0 Å². The van der Waals surface area contributed by atoms with Crippen LogP contribution in [0.2, 0.25) is 5.02 Å². The molecular weight excluding hydrogens is 378 g/mol. The first-order chi connectivity index (χ1) is 11.1. The Kier molecular flexibility index (Phi) is 7.37. The third kappa shape index (κ3) is 5.81. The van der Waals surface area contributed by atoms with Gasteiger partial charge in [-0.05, 0) is 42.3 Å². The van der Waals surface area contributed by atoms with Crippen molar-refractivity contribution in [3.63, 3.8) is 0 Å². The van der Waals surface area contributed by atoms with Gasteiger partial charge < -0.3 is 15.2 Å². The van der Waals surface area contributed by atoms with Crippen molar-refractivity contribution in [2.45, 2.75) is 32.5 Å². The van der Waals surface area contributed by atoms with Crippen molar-refractivity contribution >= 4 is 27.5 Å². The number of hydrogen-bond acceptors (Lipinski definition) is 3. The summed E-state index contributed by atoms with van der Waals surface area (Å²) < 4.78 is 6.95. The zero-order valence-corrected chi connectivity index (χ0v) is 15.4. The first-order valence-corrected chi connectivity index (χ1v) is 8.79. The van der Waals surface area contributed by atoms with Crippen molar-refractivity contribution in [1.29, 1.82) is 0 Å². The van der Waals surface area contributed by atoms with E-state index in [0.29, 0.717) is 18.2 Å². The van der Waals surface area contributed by atoms with Crippen LogP contribution in [0.3, 0.4) is 0 Å². The lowest BCUT2D eigenvalue weighted by Crippen LogP contribution is -2.31. The summed E-state index contributed by atoms with van der Waals surface area (Å²) in [6.07, 6.45) is 0.878. The monoisotopic (exact) mass is 397 g/mol. The van der Waals surface area contributed by atoms with E-state index in [1.807, 2.05) is 49.4 Å². The Morgan fingerprint density at radius 1 is 1.26 bits per heavy atom. The largest absolute Gasteiger partial charge is 0.489 e. The molecule has 0 saturated heterocycles. The van der Waals surface area contributed by atoms with Crippen molar-refractivity contribution in [3.05, 3.63) is 63.1 Å². The van der Waals surface area contributed by atoms with Crippen LogP contribution in [0, 0.1) is 0 Å². The van der Waals surface area contributed by atoms with Gasteiger partial charge in [0.2, 0.25) is 0 Å². The van der Waals surface area contributed by atoms with E-state index in [9.17, 15) is 5.11 Å². The lowest BCUT2D eigenvalue weighted by molar-refractivity contribution is 0.237. The van der Waals surface area contributed by atoms with Gasteiger partial charge in [0, 0.05) is 27.6 Å². The van der Waals surface area contributed by atoms with Crippen LogP contribution < -0.4 is 10.1 Å². The van der Waals surface area contributed by atoms with E-state index in [0.717, 1.165) is 27.8 Å². The van der Waals surface area contributed by atoms with Crippen LogP contribution >= 0.6 is 27.5 Å². The Hall–Kier alpha value is -1.07. The number of aliphatic hydroxyl groups excluding tert-OH is 1. The predicted octanol–water partition coefficient (Wildman–Crippen LogP) is 4.54. The van der Waals surface area contributed by atoms with Crippen molar-refractivity contribution in [1.82, 2.24) is 5.32 Å². The molecule has 2 N–H and O–H groups in total. The maximum absolute atomic E-state index is 9.29. The lowest BCUT2D eigenvalue weighted by Gasteiger charge is -2.17. The van der Waals surface area contributed by atoms with Crippen LogP contribution in [0.4, 0.5) is 0 Å². The first kappa shape index (κ1) is 18.3. The van der Waals surface area contributed by atoms with Gasteiger partial charge in [-0.25, -0.2) is 0 Å². The van der Waals surface area contributed by atoms with E-state index < -0.39 is 0 Å². The van der Waals surface area contributed by atoms with E-state index in [4.69, 9.17) is 16.3 Å². The summed E-state index contributed by atoms with van der Waals surface area (Å²) in [4.78, 5) is 0. The average molecular weight is 399 g/mol. The maximum atomic E-state index is 9.29. The normalized spacial score (nSPS) is 12.2. The maximum Gasteiger partial charge on any atom is 0.124 e. The number of hydrogen-bond donors (Lipinski definition) is 2. The van der Waals surface area contributed by atoms with Crippen LogP contribution in [-0.2, 0) is 13.2 Å². The summed E-state index contributed by atoms with van der Waals surface area (Å²) >= 11 is 9.49. The first-order valence-electron chi connectivity index (χ1n) is 7.62. The Bertz CT molecular complexity index is 632. The molecule has 0 aromatic heterocycles. The van der Waals surface area contributed by atoms with E-state index >= 15 is 0 Å². The molecule has 0 radical (unpaired) electrons. The highest BCUT2D eigenvalue weighted by Crippen LogP contribution is 2.24. The highest BCUT2D eigenvalue weighted by atomic mass is 79.9. The number of nitrogens with one attached hydrogen (secondary N) is 1. The van der Waals surface area contributed by atoms with Crippen molar-refractivity contribution < 1.29 is 9.84 Å². The van der Waals surface area contributed by atoms with E-state index in [1.54, 1.807) is 0 Å². The van der Waals surface area contributed by atoms with Gasteiger partial charge in [0.1, 0.15) is 12.4 Å². The van der Waals surface area contributed by atoms with Crippen molar-refractivity contribution in [3.8, 4) is 5.75 Å². The molecule has 2 aromatic rings. The van der Waals surface area contributed by atoms with Gasteiger partial charge in [-0.15, -0.1) is 0 Å². The van der Waals surface area contributed by atoms with Gasteiger partial charge in [-0.1, -0.05) is 46.6 Å². The van der Waals surface area contributed by atoms with E-state index in [-0.39, 0.29) is 12.6 Å². The molecule has 0 spiro atoms. The topological polar surface area (TPSA) is 41.5 Å². The molecule has 0 fully saturated rings. The summed E-state index contributed by atoms with van der Waals surface area (Å²) in [6, 6.07) is 13.7. The smallest absolute Gasteiger partial charge is 0.124 e. The molecule has 2 rings (SSSR count). The molecule has 1 atom stereocenters. The molecule has 0 aliphatic carbocycles.